The molecule has 0 saturated carbocycles. The van der Waals surface area contributed by atoms with Crippen molar-refractivity contribution in [1.29, 1.82) is 0 Å². The van der Waals surface area contributed by atoms with Gasteiger partial charge in [-0.15, -0.1) is 0 Å². The molecule has 0 saturated heterocycles. The van der Waals surface area contributed by atoms with Gasteiger partial charge in [-0.3, -0.25) is 0 Å². The molecule has 1 heterocycles. The summed E-state index contributed by atoms with van der Waals surface area (Å²) in [6.07, 6.45) is 0. The molecule has 9 aromatic carbocycles. The smallest absolute Gasteiger partial charge is 0.0742 e. The Morgan fingerprint density at radius 3 is 1.62 bits per heavy atom. The summed E-state index contributed by atoms with van der Waals surface area (Å²) in [6, 6.07) is 75.0. The molecule has 0 unspecified atom stereocenters. The maximum absolute atomic E-state index is 2.52. The van der Waals surface area contributed by atoms with Crippen molar-refractivity contribution in [1.82, 2.24) is 0 Å². The van der Waals surface area contributed by atoms with Gasteiger partial charge in [-0.25, -0.2) is 0 Å². The molecule has 3 aliphatic rings. The number of nitrogens with zero attached hydrogens (tertiary/aromatic N) is 1. The van der Waals surface area contributed by atoms with E-state index in [1.807, 2.05) is 11.8 Å². The average Bonchev–Trinajstić information content (AvgIpc) is 3.70. The largest absolute Gasteiger partial charge is 0.310 e. The van der Waals surface area contributed by atoms with Crippen molar-refractivity contribution in [3.05, 3.63) is 234 Å². The lowest BCUT2D eigenvalue weighted by Gasteiger charge is -2.41. The third-order valence-corrected chi connectivity index (χ3v) is 14.3. The fourth-order valence-corrected chi connectivity index (χ4v) is 11.7. The fourth-order valence-electron chi connectivity index (χ4n) is 10.5. The van der Waals surface area contributed by atoms with Crippen LogP contribution in [-0.2, 0) is 10.8 Å². The number of anilines is 3. The van der Waals surface area contributed by atoms with Crippen molar-refractivity contribution >= 4 is 39.6 Å². The molecule has 9 aromatic rings. The second-order valence-corrected chi connectivity index (χ2v) is 17.5. The highest BCUT2D eigenvalue weighted by atomic mass is 32.2. The monoisotopic (exact) mass is 757 g/mol. The van der Waals surface area contributed by atoms with Crippen LogP contribution in [0.15, 0.2) is 210 Å². The molecular formula is C56H39NS. The minimum Gasteiger partial charge on any atom is -0.310 e. The zero-order chi connectivity index (χ0) is 38.6. The highest BCUT2D eigenvalue weighted by molar-refractivity contribution is 7.99. The highest BCUT2D eigenvalue weighted by Crippen LogP contribution is 2.64. The van der Waals surface area contributed by atoms with Gasteiger partial charge in [-0.1, -0.05) is 177 Å². The molecule has 12 rings (SSSR count). The minimum atomic E-state index is -0.510. The predicted octanol–water partition coefficient (Wildman–Crippen LogP) is 15.1. The van der Waals surface area contributed by atoms with E-state index in [0.29, 0.717) is 0 Å². The van der Waals surface area contributed by atoms with E-state index in [9.17, 15) is 0 Å². The Hall–Kier alpha value is -6.61. The molecule has 0 aromatic heterocycles. The van der Waals surface area contributed by atoms with E-state index in [1.54, 1.807) is 0 Å². The van der Waals surface area contributed by atoms with Crippen LogP contribution in [-0.4, -0.2) is 0 Å². The maximum Gasteiger partial charge on any atom is 0.0742 e. The first-order chi connectivity index (χ1) is 28.5. The molecule has 0 radical (unpaired) electrons. The molecule has 2 aliphatic carbocycles. The van der Waals surface area contributed by atoms with Crippen molar-refractivity contribution in [2.24, 2.45) is 0 Å². The molecule has 1 spiro atoms. The van der Waals surface area contributed by atoms with Crippen molar-refractivity contribution < 1.29 is 0 Å². The lowest BCUT2D eigenvalue weighted by atomic mass is 9.66. The molecule has 0 fully saturated rings. The summed E-state index contributed by atoms with van der Waals surface area (Å²) in [6.45, 7) is 4.74. The van der Waals surface area contributed by atoms with E-state index in [-0.39, 0.29) is 5.41 Å². The van der Waals surface area contributed by atoms with Gasteiger partial charge < -0.3 is 4.90 Å². The van der Waals surface area contributed by atoms with Crippen molar-refractivity contribution in [2.45, 2.75) is 34.5 Å². The van der Waals surface area contributed by atoms with E-state index < -0.39 is 5.41 Å². The Morgan fingerprint density at radius 1 is 0.379 bits per heavy atom. The Balaban J connectivity index is 1.12. The summed E-state index contributed by atoms with van der Waals surface area (Å²) in [4.78, 5) is 5.10. The number of rotatable bonds is 4. The number of hydrogen-bond acceptors (Lipinski definition) is 2. The van der Waals surface area contributed by atoms with Crippen LogP contribution in [0.1, 0.15) is 47.2 Å². The molecule has 0 N–H and O–H groups in total. The molecule has 2 heteroatoms. The van der Waals surface area contributed by atoms with Crippen LogP contribution < -0.4 is 4.90 Å². The summed E-state index contributed by atoms with van der Waals surface area (Å²) in [5, 5.41) is 2.58. The summed E-state index contributed by atoms with van der Waals surface area (Å²) in [7, 11) is 0. The molecule has 1 aliphatic heterocycles. The van der Waals surface area contributed by atoms with E-state index in [4.69, 9.17) is 0 Å². The van der Waals surface area contributed by atoms with Gasteiger partial charge in [-0.05, 0) is 126 Å². The first-order valence-corrected chi connectivity index (χ1v) is 21.1. The van der Waals surface area contributed by atoms with Crippen LogP contribution in [0.4, 0.5) is 17.1 Å². The van der Waals surface area contributed by atoms with Crippen LogP contribution >= 0.6 is 11.8 Å². The Morgan fingerprint density at radius 2 is 0.897 bits per heavy atom. The third-order valence-electron chi connectivity index (χ3n) is 13.1. The summed E-state index contributed by atoms with van der Waals surface area (Å²) in [5.41, 5.74) is 18.7. The normalized spacial score (nSPS) is 14.6. The second kappa shape index (κ2) is 12.4. The van der Waals surface area contributed by atoms with Gasteiger partial charge in [0.1, 0.15) is 0 Å². The van der Waals surface area contributed by atoms with Gasteiger partial charge in [0, 0.05) is 32.3 Å². The highest BCUT2D eigenvalue weighted by Gasteiger charge is 2.51. The molecule has 1 nitrogen and oxygen atoms in total. The summed E-state index contributed by atoms with van der Waals surface area (Å²) in [5.74, 6) is 0. The van der Waals surface area contributed by atoms with Gasteiger partial charge in [0.2, 0.25) is 0 Å². The van der Waals surface area contributed by atoms with Gasteiger partial charge in [-0.2, -0.15) is 0 Å². The van der Waals surface area contributed by atoms with Crippen LogP contribution in [0.25, 0.3) is 44.2 Å². The molecule has 0 bridgehead atoms. The van der Waals surface area contributed by atoms with E-state index in [2.05, 4.69) is 219 Å². The lowest BCUT2D eigenvalue weighted by molar-refractivity contribution is 0.660. The second-order valence-electron chi connectivity index (χ2n) is 16.4. The van der Waals surface area contributed by atoms with Crippen LogP contribution in [0.5, 0.6) is 0 Å². The molecule has 58 heavy (non-hydrogen) atoms. The zero-order valence-corrected chi connectivity index (χ0v) is 33.2. The van der Waals surface area contributed by atoms with E-state index >= 15 is 0 Å². The quantitative estimate of drug-likeness (QED) is 0.176. The van der Waals surface area contributed by atoms with Crippen molar-refractivity contribution in [2.75, 3.05) is 4.90 Å². The van der Waals surface area contributed by atoms with Gasteiger partial charge >= 0.3 is 0 Å². The Bertz CT molecular complexity index is 3080. The fraction of sp³-hybridized carbons (Fsp3) is 0.0714. The standard InChI is InChI=1S/C56H39NS/c1-55(2)47-21-11-8-18-43(47)46-31-29-40(34-50(46)55)57(39-27-24-37(25-28-39)36-14-4-3-5-15-36)41-30-33-52-51(35-41)56(54-42-17-7-6-16-38(42)26-32-53(54)58-52)48-22-12-9-19-44(48)45-20-10-13-23-49(45)56/h3-35H,1-2H3. The summed E-state index contributed by atoms with van der Waals surface area (Å²) < 4.78 is 0. The zero-order valence-electron chi connectivity index (χ0n) is 32.4. The van der Waals surface area contributed by atoms with Crippen LogP contribution in [0, 0.1) is 0 Å². The molecular weight excluding hydrogens is 719 g/mol. The molecule has 0 atom stereocenters. The number of hydrogen-bond donors (Lipinski definition) is 0. The van der Waals surface area contributed by atoms with Gasteiger partial charge in [0.25, 0.3) is 0 Å². The van der Waals surface area contributed by atoms with Crippen LogP contribution in [0.3, 0.4) is 0 Å². The third kappa shape index (κ3) is 4.61. The lowest BCUT2D eigenvalue weighted by Crippen LogP contribution is -2.32. The maximum atomic E-state index is 2.52. The Labute approximate surface area is 344 Å². The summed E-state index contributed by atoms with van der Waals surface area (Å²) >= 11 is 1.91. The van der Waals surface area contributed by atoms with E-state index in [1.165, 1.54) is 87.3 Å². The van der Waals surface area contributed by atoms with Crippen molar-refractivity contribution in [3.8, 4) is 33.4 Å². The molecule has 0 amide bonds. The van der Waals surface area contributed by atoms with Crippen molar-refractivity contribution in [3.63, 3.8) is 0 Å². The predicted molar refractivity (Wildman–Crippen MR) is 243 cm³/mol. The van der Waals surface area contributed by atoms with E-state index in [0.717, 1.165) is 17.1 Å². The number of benzene rings is 9. The minimum absolute atomic E-state index is 0.122. The SMILES string of the molecule is CC1(C)c2ccccc2-c2ccc(N(c3ccc(-c4ccccc4)cc3)c3ccc4c(c3)C3(c5ccccc5-c5ccccc53)c3c(ccc5ccccc35)S4)cc21. The number of fused-ring (bicyclic) bond motifs is 14. The first kappa shape index (κ1) is 33.5. The average molecular weight is 758 g/mol. The van der Waals surface area contributed by atoms with Gasteiger partial charge in [0.05, 0.1) is 5.41 Å². The first-order valence-electron chi connectivity index (χ1n) is 20.3. The van der Waals surface area contributed by atoms with Gasteiger partial charge in [0.15, 0.2) is 0 Å². The van der Waals surface area contributed by atoms with Crippen LogP contribution in [0.2, 0.25) is 0 Å². The Kier molecular flexibility index (Phi) is 7.19. The molecule has 274 valence electrons. The topological polar surface area (TPSA) is 3.24 Å².